The normalized spacial score (nSPS) is 25.6. The lowest BCUT2D eigenvalue weighted by Crippen LogP contribution is -2.48. The van der Waals surface area contributed by atoms with Gasteiger partial charge in [0.1, 0.15) is 0 Å². The van der Waals surface area contributed by atoms with Gasteiger partial charge in [-0.3, -0.25) is 4.79 Å². The maximum absolute atomic E-state index is 11.6. The van der Waals surface area contributed by atoms with Gasteiger partial charge in [-0.25, -0.2) is 0 Å². The van der Waals surface area contributed by atoms with Crippen LogP contribution < -0.4 is 0 Å². The van der Waals surface area contributed by atoms with E-state index in [-0.39, 0.29) is 11.7 Å². The lowest BCUT2D eigenvalue weighted by atomic mass is 9.94. The van der Waals surface area contributed by atoms with Crippen molar-refractivity contribution in [1.29, 1.82) is 0 Å². The molecule has 2 aliphatic rings. The minimum atomic E-state index is 0.0855. The van der Waals surface area contributed by atoms with E-state index >= 15 is 0 Å². The summed E-state index contributed by atoms with van der Waals surface area (Å²) in [5, 5.41) is 0. The summed E-state index contributed by atoms with van der Waals surface area (Å²) < 4.78 is 1.29. The minimum absolute atomic E-state index is 0.0855. The van der Waals surface area contributed by atoms with E-state index < -0.39 is 0 Å². The summed E-state index contributed by atoms with van der Waals surface area (Å²) in [5.41, 5.74) is 1.23. The molecule has 2 heteroatoms. The number of quaternary nitrogens is 1. The van der Waals surface area contributed by atoms with Crippen LogP contribution in [0, 0.1) is 5.92 Å². The van der Waals surface area contributed by atoms with Gasteiger partial charge in [0.05, 0.1) is 26.7 Å². The largest absolute Gasteiger partial charge is 0.326 e. The molecule has 0 spiro atoms. The van der Waals surface area contributed by atoms with E-state index in [2.05, 4.69) is 13.1 Å². The topological polar surface area (TPSA) is 17.1 Å². The molecule has 1 fully saturated rings. The van der Waals surface area contributed by atoms with Crippen LogP contribution in [-0.4, -0.2) is 36.9 Å². The highest BCUT2D eigenvalue weighted by molar-refractivity contribution is 5.95. The summed E-state index contributed by atoms with van der Waals surface area (Å²) in [6.45, 7) is 6.06. The lowest BCUT2D eigenvalue weighted by molar-refractivity contribution is -0.914. The van der Waals surface area contributed by atoms with Crippen molar-refractivity contribution in [2.45, 2.75) is 51.9 Å². The molecule has 0 aromatic carbocycles. The van der Waals surface area contributed by atoms with Crippen LogP contribution in [0.25, 0.3) is 0 Å². The van der Waals surface area contributed by atoms with E-state index in [0.717, 1.165) is 6.42 Å². The van der Waals surface area contributed by atoms with E-state index in [1.807, 2.05) is 19.1 Å². The standard InChI is InChI=1S/C18H30NO/c1-16-10-11-17(15-18(16)20)9-5-3-6-12-19(2)13-7-4-8-14-19/h10-11,15-16H,3-9,12-14H2,1-2H3/q+1. The first kappa shape index (κ1) is 15.5. The number of carbonyl (C=O) groups is 1. The van der Waals surface area contributed by atoms with Gasteiger partial charge in [-0.15, -0.1) is 0 Å². The molecule has 1 unspecified atom stereocenters. The van der Waals surface area contributed by atoms with E-state index in [4.69, 9.17) is 0 Å². The molecule has 2 nitrogen and oxygen atoms in total. The van der Waals surface area contributed by atoms with Crippen molar-refractivity contribution >= 4 is 5.78 Å². The second-order valence-electron chi connectivity index (χ2n) is 6.93. The highest BCUT2D eigenvalue weighted by Crippen LogP contribution is 2.20. The van der Waals surface area contributed by atoms with Gasteiger partial charge in [0.25, 0.3) is 0 Å². The Hall–Kier alpha value is -0.890. The number of hydrogen-bond donors (Lipinski definition) is 0. The summed E-state index contributed by atoms with van der Waals surface area (Å²) in [6, 6.07) is 0. The van der Waals surface area contributed by atoms with Gasteiger partial charge in [-0.2, -0.15) is 0 Å². The molecule has 112 valence electrons. The number of nitrogens with zero attached hydrogens (tertiary/aromatic N) is 1. The van der Waals surface area contributed by atoms with Crippen molar-refractivity contribution in [1.82, 2.24) is 0 Å². The van der Waals surface area contributed by atoms with Crippen LogP contribution in [0.15, 0.2) is 23.8 Å². The number of likely N-dealkylation sites (tertiary alicyclic amines) is 1. The Labute approximate surface area is 124 Å². The highest BCUT2D eigenvalue weighted by Gasteiger charge is 2.23. The summed E-state index contributed by atoms with van der Waals surface area (Å²) in [7, 11) is 2.42. The third-order valence-electron chi connectivity index (χ3n) is 4.93. The third kappa shape index (κ3) is 4.59. The summed E-state index contributed by atoms with van der Waals surface area (Å²) >= 11 is 0. The highest BCUT2D eigenvalue weighted by atomic mass is 16.1. The third-order valence-corrected chi connectivity index (χ3v) is 4.93. The van der Waals surface area contributed by atoms with E-state index in [1.54, 1.807) is 0 Å². The zero-order valence-corrected chi connectivity index (χ0v) is 13.2. The van der Waals surface area contributed by atoms with Crippen molar-refractivity contribution in [2.75, 3.05) is 26.7 Å². The zero-order chi connectivity index (χ0) is 14.4. The van der Waals surface area contributed by atoms with Crippen molar-refractivity contribution in [2.24, 2.45) is 5.92 Å². The second-order valence-corrected chi connectivity index (χ2v) is 6.93. The molecule has 0 N–H and O–H groups in total. The second kappa shape index (κ2) is 7.21. The number of allylic oxidation sites excluding steroid dienone is 4. The van der Waals surface area contributed by atoms with Gasteiger partial charge in [-0.1, -0.05) is 19.1 Å². The summed E-state index contributed by atoms with van der Waals surface area (Å²) in [4.78, 5) is 11.6. The van der Waals surface area contributed by atoms with Gasteiger partial charge in [0, 0.05) is 5.92 Å². The summed E-state index contributed by atoms with van der Waals surface area (Å²) in [5.74, 6) is 0.358. The maximum atomic E-state index is 11.6. The quantitative estimate of drug-likeness (QED) is 0.531. The number of carbonyl (C=O) groups excluding carboxylic acids is 1. The van der Waals surface area contributed by atoms with Gasteiger partial charge in [0.15, 0.2) is 5.78 Å². The van der Waals surface area contributed by atoms with Crippen molar-refractivity contribution in [3.05, 3.63) is 23.8 Å². The number of hydrogen-bond acceptors (Lipinski definition) is 1. The average Bonchev–Trinajstić information content (AvgIpc) is 2.43. The first-order valence-corrected chi connectivity index (χ1v) is 8.35. The van der Waals surface area contributed by atoms with E-state index in [1.165, 1.54) is 68.2 Å². The molecule has 1 heterocycles. The molecule has 1 atom stereocenters. The molecular formula is C18H30NO+. The van der Waals surface area contributed by atoms with Crippen molar-refractivity contribution in [3.8, 4) is 0 Å². The molecule has 1 aliphatic heterocycles. The molecule has 1 aliphatic carbocycles. The smallest absolute Gasteiger partial charge is 0.162 e. The molecule has 0 radical (unpaired) electrons. The summed E-state index contributed by atoms with van der Waals surface area (Å²) in [6.07, 6.45) is 15.2. The molecule has 0 amide bonds. The van der Waals surface area contributed by atoms with Crippen LogP contribution >= 0.6 is 0 Å². The monoisotopic (exact) mass is 276 g/mol. The lowest BCUT2D eigenvalue weighted by Gasteiger charge is -2.37. The molecule has 0 bridgehead atoms. The molecule has 2 rings (SSSR count). The van der Waals surface area contributed by atoms with Gasteiger partial charge in [0.2, 0.25) is 0 Å². The first-order valence-electron chi connectivity index (χ1n) is 8.35. The molecule has 0 saturated carbocycles. The number of unbranched alkanes of at least 4 members (excludes halogenated alkanes) is 2. The van der Waals surface area contributed by atoms with Gasteiger partial charge >= 0.3 is 0 Å². The molecule has 0 aromatic rings. The minimum Gasteiger partial charge on any atom is -0.326 e. The molecule has 0 aromatic heterocycles. The predicted octanol–water partition coefficient (Wildman–Crippen LogP) is 3.88. The van der Waals surface area contributed by atoms with Crippen molar-refractivity contribution in [3.63, 3.8) is 0 Å². The Bertz CT molecular complexity index is 388. The molecule has 1 saturated heterocycles. The number of rotatable bonds is 6. The Morgan fingerprint density at radius 3 is 2.60 bits per heavy atom. The zero-order valence-electron chi connectivity index (χ0n) is 13.2. The van der Waals surface area contributed by atoms with Gasteiger partial charge < -0.3 is 4.48 Å². The van der Waals surface area contributed by atoms with Crippen LogP contribution in [0.1, 0.15) is 51.9 Å². The Balaban J connectivity index is 1.61. The number of piperidine rings is 1. The Morgan fingerprint density at radius 2 is 1.90 bits per heavy atom. The fourth-order valence-electron chi connectivity index (χ4n) is 3.38. The van der Waals surface area contributed by atoms with E-state index in [0.29, 0.717) is 0 Å². The fourth-order valence-corrected chi connectivity index (χ4v) is 3.38. The van der Waals surface area contributed by atoms with Crippen LogP contribution in [0.5, 0.6) is 0 Å². The van der Waals surface area contributed by atoms with Crippen molar-refractivity contribution < 1.29 is 9.28 Å². The Kier molecular flexibility index (Phi) is 5.59. The fraction of sp³-hybridized carbons (Fsp3) is 0.722. The van der Waals surface area contributed by atoms with Crippen LogP contribution in [0.4, 0.5) is 0 Å². The van der Waals surface area contributed by atoms with Crippen LogP contribution in [-0.2, 0) is 4.79 Å². The maximum Gasteiger partial charge on any atom is 0.162 e. The average molecular weight is 276 g/mol. The molecular weight excluding hydrogens is 246 g/mol. The Morgan fingerprint density at radius 1 is 1.15 bits per heavy atom. The number of ketones is 1. The molecule has 20 heavy (non-hydrogen) atoms. The van der Waals surface area contributed by atoms with Gasteiger partial charge in [-0.05, 0) is 56.6 Å². The van der Waals surface area contributed by atoms with Crippen LogP contribution in [0.2, 0.25) is 0 Å². The van der Waals surface area contributed by atoms with E-state index in [9.17, 15) is 4.79 Å². The van der Waals surface area contributed by atoms with Crippen LogP contribution in [0.3, 0.4) is 0 Å². The predicted molar refractivity (Wildman–Crippen MR) is 84.5 cm³/mol. The SMILES string of the molecule is CC1C=CC(CCCCC[N+]2(C)CCCCC2)=CC1=O. The first-order chi connectivity index (χ1) is 9.59.